The molecule has 1 saturated heterocycles. The fourth-order valence-electron chi connectivity index (χ4n) is 3.57. The first kappa shape index (κ1) is 23.6. The molecule has 180 valence electrons. The Morgan fingerprint density at radius 3 is 2.65 bits per heavy atom. The molecule has 4 rings (SSSR count). The van der Waals surface area contributed by atoms with Gasteiger partial charge in [0.1, 0.15) is 5.54 Å². The second-order valence-electron chi connectivity index (χ2n) is 7.98. The molecule has 0 aromatic carbocycles. The lowest BCUT2D eigenvalue weighted by atomic mass is 9.89. The minimum Gasteiger partial charge on any atom is -0.321 e. The van der Waals surface area contributed by atoms with Crippen LogP contribution in [0.3, 0.4) is 0 Å². The first-order valence-electron chi connectivity index (χ1n) is 10.1. The standard InChI is InChI=1S/C19H20F3N9O2S/c1-29-11-15(9-25-29)27-17-24-6-2-16(28-17)14-8-26-31(10-14)18(3-5-23)12-30(13-18)34(32,33)7-4-19(20,21)22/h2,6,8-11H,3-4,7,12-13H2,1H3,(H,24,27,28). The van der Waals surface area contributed by atoms with Crippen LogP contribution in [0.1, 0.15) is 12.8 Å². The van der Waals surface area contributed by atoms with Crippen LogP contribution in [0.15, 0.2) is 37.1 Å². The molecule has 1 fully saturated rings. The highest BCUT2D eigenvalue weighted by atomic mass is 32.2. The van der Waals surface area contributed by atoms with E-state index in [-0.39, 0.29) is 19.5 Å². The van der Waals surface area contributed by atoms with Gasteiger partial charge in [-0.05, 0) is 6.07 Å². The van der Waals surface area contributed by atoms with Crippen molar-refractivity contribution in [2.24, 2.45) is 7.05 Å². The zero-order chi connectivity index (χ0) is 24.6. The summed E-state index contributed by atoms with van der Waals surface area (Å²) in [6.07, 6.45) is 2.03. The molecule has 34 heavy (non-hydrogen) atoms. The number of anilines is 2. The second kappa shape index (κ2) is 8.69. The Morgan fingerprint density at radius 1 is 1.24 bits per heavy atom. The average molecular weight is 495 g/mol. The number of hydrogen-bond donors (Lipinski definition) is 1. The highest BCUT2D eigenvalue weighted by Crippen LogP contribution is 2.36. The van der Waals surface area contributed by atoms with Crippen molar-refractivity contribution in [2.45, 2.75) is 24.6 Å². The first-order chi connectivity index (χ1) is 16.0. The monoisotopic (exact) mass is 495 g/mol. The van der Waals surface area contributed by atoms with Crippen molar-refractivity contribution < 1.29 is 21.6 Å². The van der Waals surface area contributed by atoms with Gasteiger partial charge in [-0.15, -0.1) is 0 Å². The van der Waals surface area contributed by atoms with Crippen molar-refractivity contribution in [1.82, 2.24) is 33.8 Å². The molecule has 0 radical (unpaired) electrons. The van der Waals surface area contributed by atoms with Gasteiger partial charge in [-0.25, -0.2) is 18.4 Å². The molecule has 1 aliphatic heterocycles. The highest BCUT2D eigenvalue weighted by molar-refractivity contribution is 7.89. The predicted molar refractivity (Wildman–Crippen MR) is 114 cm³/mol. The number of nitrogens with one attached hydrogen (secondary N) is 1. The van der Waals surface area contributed by atoms with E-state index in [2.05, 4.69) is 25.5 Å². The zero-order valence-electron chi connectivity index (χ0n) is 17.9. The quantitative estimate of drug-likeness (QED) is 0.502. The van der Waals surface area contributed by atoms with Gasteiger partial charge in [0, 0.05) is 44.3 Å². The van der Waals surface area contributed by atoms with E-state index in [1.807, 2.05) is 6.07 Å². The third kappa shape index (κ3) is 5.02. The van der Waals surface area contributed by atoms with E-state index < -0.39 is 33.9 Å². The van der Waals surface area contributed by atoms with Crippen LogP contribution in [0.4, 0.5) is 24.8 Å². The molecular formula is C19H20F3N9O2S. The molecule has 15 heteroatoms. The van der Waals surface area contributed by atoms with Gasteiger partial charge >= 0.3 is 6.18 Å². The highest BCUT2D eigenvalue weighted by Gasteiger charge is 2.50. The summed E-state index contributed by atoms with van der Waals surface area (Å²) >= 11 is 0. The summed E-state index contributed by atoms with van der Waals surface area (Å²) in [6, 6.07) is 3.69. The van der Waals surface area contributed by atoms with Crippen molar-refractivity contribution in [3.8, 4) is 17.3 Å². The first-order valence-corrected chi connectivity index (χ1v) is 11.7. The van der Waals surface area contributed by atoms with Crippen LogP contribution in [0.5, 0.6) is 0 Å². The van der Waals surface area contributed by atoms with Gasteiger partial charge in [-0.3, -0.25) is 9.36 Å². The largest absolute Gasteiger partial charge is 0.390 e. The number of hydrogen-bond acceptors (Lipinski definition) is 8. The van der Waals surface area contributed by atoms with Crippen molar-refractivity contribution in [3.63, 3.8) is 0 Å². The van der Waals surface area contributed by atoms with E-state index in [4.69, 9.17) is 0 Å². The minimum atomic E-state index is -4.57. The van der Waals surface area contributed by atoms with Crippen LogP contribution in [-0.2, 0) is 22.6 Å². The summed E-state index contributed by atoms with van der Waals surface area (Å²) in [5.41, 5.74) is 0.868. The fourth-order valence-corrected chi connectivity index (χ4v) is 5.20. The number of aromatic nitrogens is 6. The minimum absolute atomic E-state index is 0.0585. The Morgan fingerprint density at radius 2 is 2.00 bits per heavy atom. The molecule has 0 unspecified atom stereocenters. The molecule has 0 atom stereocenters. The number of nitrogens with zero attached hydrogens (tertiary/aromatic N) is 8. The third-order valence-electron chi connectivity index (χ3n) is 5.37. The van der Waals surface area contributed by atoms with Crippen LogP contribution < -0.4 is 5.32 Å². The van der Waals surface area contributed by atoms with E-state index in [1.54, 1.807) is 42.6 Å². The maximum absolute atomic E-state index is 12.5. The van der Waals surface area contributed by atoms with Crippen LogP contribution in [0.2, 0.25) is 0 Å². The molecule has 4 heterocycles. The second-order valence-corrected chi connectivity index (χ2v) is 10.1. The number of aryl methyl sites for hydroxylation is 1. The molecule has 3 aromatic heterocycles. The van der Waals surface area contributed by atoms with Crippen molar-refractivity contribution >= 4 is 21.7 Å². The van der Waals surface area contributed by atoms with E-state index in [1.165, 1.54) is 10.9 Å². The SMILES string of the molecule is Cn1cc(Nc2nccc(-c3cnn(C4(CC#N)CN(S(=O)(=O)CCC(F)(F)F)C4)c3)n2)cn1. The van der Waals surface area contributed by atoms with Crippen molar-refractivity contribution in [1.29, 1.82) is 5.26 Å². The summed E-state index contributed by atoms with van der Waals surface area (Å²) < 4.78 is 66.0. The lowest BCUT2D eigenvalue weighted by Gasteiger charge is -2.47. The molecule has 1 N–H and O–H groups in total. The number of sulfonamides is 1. The van der Waals surface area contributed by atoms with Gasteiger partial charge in [0.15, 0.2) is 0 Å². The van der Waals surface area contributed by atoms with Crippen LogP contribution in [-0.4, -0.2) is 67.3 Å². The Bertz CT molecular complexity index is 1320. The van der Waals surface area contributed by atoms with Gasteiger partial charge in [0.2, 0.25) is 16.0 Å². The molecule has 11 nitrogen and oxygen atoms in total. The Hall–Kier alpha value is -3.51. The summed E-state index contributed by atoms with van der Waals surface area (Å²) in [4.78, 5) is 8.61. The fraction of sp³-hybridized carbons (Fsp3) is 0.421. The molecule has 3 aromatic rings. The van der Waals surface area contributed by atoms with Gasteiger partial charge < -0.3 is 5.32 Å². The Balaban J connectivity index is 1.50. The molecule has 0 aliphatic carbocycles. The third-order valence-corrected chi connectivity index (χ3v) is 7.13. The number of alkyl halides is 3. The van der Waals surface area contributed by atoms with Crippen molar-refractivity contribution in [2.75, 3.05) is 24.2 Å². The topological polar surface area (TPSA) is 135 Å². The van der Waals surface area contributed by atoms with E-state index in [0.717, 1.165) is 4.31 Å². The Kier molecular flexibility index (Phi) is 6.04. The summed E-state index contributed by atoms with van der Waals surface area (Å²) in [5, 5.41) is 20.7. The molecule has 0 saturated carbocycles. The molecular weight excluding hydrogens is 475 g/mol. The summed E-state index contributed by atoms with van der Waals surface area (Å²) in [5.74, 6) is -0.701. The maximum Gasteiger partial charge on any atom is 0.390 e. The molecule has 1 aliphatic rings. The lowest BCUT2D eigenvalue weighted by molar-refractivity contribution is -0.130. The normalized spacial score (nSPS) is 16.1. The van der Waals surface area contributed by atoms with Gasteiger partial charge in [-0.2, -0.15) is 32.9 Å². The maximum atomic E-state index is 12.5. The van der Waals surface area contributed by atoms with E-state index in [9.17, 15) is 26.9 Å². The number of rotatable bonds is 8. The predicted octanol–water partition coefficient (Wildman–Crippen LogP) is 2.02. The molecule has 0 amide bonds. The Labute approximate surface area is 192 Å². The molecule has 0 spiro atoms. The smallest absolute Gasteiger partial charge is 0.321 e. The van der Waals surface area contributed by atoms with Crippen LogP contribution >= 0.6 is 0 Å². The van der Waals surface area contributed by atoms with Gasteiger partial charge in [-0.1, -0.05) is 0 Å². The van der Waals surface area contributed by atoms with Gasteiger partial charge in [0.05, 0.1) is 48.4 Å². The zero-order valence-corrected chi connectivity index (χ0v) is 18.8. The number of halogens is 3. The molecule has 0 bridgehead atoms. The van der Waals surface area contributed by atoms with Crippen molar-refractivity contribution in [3.05, 3.63) is 37.1 Å². The van der Waals surface area contributed by atoms with Crippen LogP contribution in [0.25, 0.3) is 11.3 Å². The lowest BCUT2D eigenvalue weighted by Crippen LogP contribution is -2.64. The van der Waals surface area contributed by atoms with Crippen LogP contribution in [0, 0.1) is 11.3 Å². The summed E-state index contributed by atoms with van der Waals surface area (Å²) in [6.45, 7) is -0.279. The van der Waals surface area contributed by atoms with Gasteiger partial charge in [0.25, 0.3) is 0 Å². The summed E-state index contributed by atoms with van der Waals surface area (Å²) in [7, 11) is -2.33. The van der Waals surface area contributed by atoms with E-state index in [0.29, 0.717) is 22.9 Å². The average Bonchev–Trinajstić information content (AvgIpc) is 3.38. The number of nitriles is 1. The van der Waals surface area contributed by atoms with E-state index >= 15 is 0 Å².